The molecule has 0 fully saturated rings. The molecule has 0 atom stereocenters. The summed E-state index contributed by atoms with van der Waals surface area (Å²) in [6, 6.07) is 82.1. The minimum absolute atomic E-state index is 0. The minimum atomic E-state index is -1.21. The van der Waals surface area contributed by atoms with Crippen LogP contribution in [0.15, 0.2) is 218 Å². The van der Waals surface area contributed by atoms with Gasteiger partial charge in [0.05, 0.1) is 32.3 Å². The van der Waals surface area contributed by atoms with Gasteiger partial charge in [0.25, 0.3) is 0 Å². The second-order valence-electron chi connectivity index (χ2n) is 29.4. The van der Waals surface area contributed by atoms with Crippen molar-refractivity contribution in [3.63, 3.8) is 0 Å². The van der Waals surface area contributed by atoms with E-state index in [0.717, 1.165) is 25.7 Å². The normalized spacial score (nSPS) is 11.3. The molecule has 10 heteroatoms. The van der Waals surface area contributed by atoms with Crippen LogP contribution in [0.1, 0.15) is 49.9 Å². The van der Waals surface area contributed by atoms with Crippen molar-refractivity contribution in [3.05, 3.63) is 241 Å². The number of fused-ring (bicyclic) bond motifs is 4. The van der Waals surface area contributed by atoms with Gasteiger partial charge in [-0.2, -0.15) is 24.3 Å². The van der Waals surface area contributed by atoms with Crippen molar-refractivity contribution in [3.8, 4) is 44.5 Å². The van der Waals surface area contributed by atoms with Crippen LogP contribution in [0.4, 0.5) is 0 Å². The molecule has 0 saturated heterocycles. The summed E-state index contributed by atoms with van der Waals surface area (Å²) < 4.78 is 0. The molecule has 12 aromatic carbocycles. The average Bonchev–Trinajstić information content (AvgIpc) is 1.58. The number of benzene rings is 8. The molecule has 0 aliphatic heterocycles. The van der Waals surface area contributed by atoms with E-state index in [4.69, 9.17) is 0 Å². The Labute approximate surface area is 615 Å². The Hall–Kier alpha value is -4.15. The van der Waals surface area contributed by atoms with Gasteiger partial charge in [0.15, 0.2) is 0 Å². The van der Waals surface area contributed by atoms with E-state index in [9.17, 15) is 0 Å². The predicted octanol–water partition coefficient (Wildman–Crippen LogP) is 16.9. The standard InChI is InChI=1S/4C20H23Si.2C2H6Si.2ClH.2Zr/c4*1-5-15-13-17-7-6-8-19(20(17)14-15)16-9-11-18(12-10-16)21(2,3)4;2*1-3-2;;;;/h4*6-14H,5H2,1-4H3;2*1-2H3;2*1H;;/q4*-1;;;;;2*+2/p-2. The third-order valence-electron chi connectivity index (χ3n) is 17.1. The third kappa shape index (κ3) is 22.4. The Morgan fingerprint density at radius 1 is 0.277 bits per heavy atom. The molecule has 0 bridgehead atoms. The summed E-state index contributed by atoms with van der Waals surface area (Å²) in [7, 11) is -4.85. The number of hydrogen-bond acceptors (Lipinski definition) is 0. The topological polar surface area (TPSA) is 0 Å². The summed E-state index contributed by atoms with van der Waals surface area (Å²) in [5.74, 6) is 0. The average molecular weight is 1540 g/mol. The fraction of sp³-hybridized carbons (Fsp3) is 0.286. The molecule has 0 radical (unpaired) electrons. The van der Waals surface area contributed by atoms with Gasteiger partial charge in [-0.05, 0) is 47.9 Å². The molecule has 0 aromatic heterocycles. The maximum absolute atomic E-state index is 2.40. The zero-order valence-electron chi connectivity index (χ0n) is 60.4. The molecule has 0 aliphatic carbocycles. The van der Waals surface area contributed by atoms with E-state index in [1.807, 2.05) is 0 Å². The molecule has 0 aliphatic rings. The van der Waals surface area contributed by atoms with Crippen LogP contribution in [-0.4, -0.2) is 43.2 Å². The van der Waals surface area contributed by atoms with Crippen LogP contribution in [0.25, 0.3) is 87.6 Å². The summed E-state index contributed by atoms with van der Waals surface area (Å²) >= 11 is 3.48. The second-order valence-corrected chi connectivity index (χ2v) is 68.5. The Balaban J connectivity index is 0.000000217. The van der Waals surface area contributed by atoms with Crippen LogP contribution in [0.5, 0.6) is 0 Å². The van der Waals surface area contributed by atoms with E-state index < -0.39 is 32.3 Å². The quantitative estimate of drug-likeness (QED) is 0.0845. The van der Waals surface area contributed by atoms with Crippen molar-refractivity contribution < 1.29 is 71.5 Å². The number of rotatable bonds is 12. The van der Waals surface area contributed by atoms with Gasteiger partial charge in [-0.15, -0.1) is 138 Å². The largest absolute Gasteiger partial charge is 1.00 e. The van der Waals surface area contributed by atoms with Crippen LogP contribution in [-0.2, 0) is 72.4 Å². The molecule has 0 spiro atoms. The van der Waals surface area contributed by atoms with E-state index in [-0.39, 0.29) is 35.7 Å². The molecule has 12 aromatic rings. The van der Waals surface area contributed by atoms with Crippen LogP contribution < -0.4 is 45.6 Å². The van der Waals surface area contributed by atoms with E-state index in [0.29, 0.717) is 0 Å². The monoisotopic (exact) mass is 1530 g/mol. The second kappa shape index (κ2) is 36.1. The van der Waals surface area contributed by atoms with E-state index in [1.54, 1.807) is 46.7 Å². The van der Waals surface area contributed by atoms with E-state index in [1.165, 1.54) is 131 Å². The summed E-state index contributed by atoms with van der Waals surface area (Å²) in [5, 5.41) is 17.1. The molecule has 0 N–H and O–H groups in total. The van der Waals surface area contributed by atoms with Gasteiger partial charge >= 0.3 is 83.7 Å². The van der Waals surface area contributed by atoms with Crippen LogP contribution in [0, 0.1) is 0 Å². The van der Waals surface area contributed by atoms with Crippen molar-refractivity contribution in [1.29, 1.82) is 0 Å². The van der Waals surface area contributed by atoms with Crippen molar-refractivity contribution in [2.24, 2.45) is 0 Å². The molecule has 12 rings (SSSR count). The molecule has 0 unspecified atom stereocenters. The fourth-order valence-electron chi connectivity index (χ4n) is 11.6. The Kier molecular flexibility index (Phi) is 30.9. The van der Waals surface area contributed by atoms with Crippen LogP contribution in [0.2, 0.25) is 105 Å². The van der Waals surface area contributed by atoms with Crippen LogP contribution in [0.3, 0.4) is 0 Å². The van der Waals surface area contributed by atoms with Gasteiger partial charge in [0.1, 0.15) is 0 Å². The van der Waals surface area contributed by atoms with Gasteiger partial charge in [0, 0.05) is 0 Å². The minimum Gasteiger partial charge on any atom is -1.00 e. The number of halogens is 2. The van der Waals surface area contributed by atoms with Crippen molar-refractivity contribution in [2.45, 2.75) is 158 Å². The SMILES string of the molecule is CCc1cc2c(-c3ccc([Si](C)(C)C)cc3)cccc2[cH-]1.CCc1cc2c(-c3ccc([Si](C)(C)C)cc3)cccc2[cH-]1.CCc1cc2c(-c3ccc([Si](C)(C)C)cc3)cccc2[cH-]1.CCc1cc2c(-c3ccc([Si](C)(C)C)cc3)cccc2[cH-]1.C[Si](C)=[Zr+2].C[Si](C)=[Zr+2].[Cl-].[Cl-]. The molecule has 94 heavy (non-hydrogen) atoms. The first kappa shape index (κ1) is 80.5. The summed E-state index contributed by atoms with van der Waals surface area (Å²) in [6.45, 7) is 46.9. The Morgan fingerprint density at radius 3 is 0.574 bits per heavy atom. The Bertz CT molecular complexity index is 3800. The Morgan fingerprint density at radius 2 is 0.436 bits per heavy atom. The number of hydrogen-bond donors (Lipinski definition) is 0. The van der Waals surface area contributed by atoms with E-state index >= 15 is 0 Å². The molecule has 0 amide bonds. The van der Waals surface area contributed by atoms with E-state index in [2.05, 4.69) is 351 Å². The summed E-state index contributed by atoms with van der Waals surface area (Å²) in [4.78, 5) is 0. The zero-order chi connectivity index (χ0) is 67.3. The van der Waals surface area contributed by atoms with Crippen LogP contribution >= 0.6 is 0 Å². The van der Waals surface area contributed by atoms with Gasteiger partial charge in [-0.1, -0.05) is 271 Å². The molecule has 0 saturated carbocycles. The molecule has 0 nitrogen and oxygen atoms in total. The summed E-state index contributed by atoms with van der Waals surface area (Å²) in [6.07, 6.45) is 4.40. The molecule has 488 valence electrons. The smallest absolute Gasteiger partial charge is 1.00 e. The van der Waals surface area contributed by atoms with Gasteiger partial charge in [0.2, 0.25) is 0 Å². The maximum atomic E-state index is 2.40. The predicted molar refractivity (Wildman–Crippen MR) is 424 cm³/mol. The van der Waals surface area contributed by atoms with Gasteiger partial charge in [-0.25, -0.2) is 0 Å². The molecular weight excluding hydrogens is 1430 g/mol. The fourth-order valence-corrected chi connectivity index (χ4v) is 16.3. The first-order valence-electron chi connectivity index (χ1n) is 33.6. The maximum Gasteiger partial charge on any atom is -1.00 e. The molecule has 0 heterocycles. The molecular formula is C84H104Cl2Si6Zr2-2. The number of aryl methyl sites for hydroxylation is 4. The van der Waals surface area contributed by atoms with Crippen molar-refractivity contribution in [2.75, 3.05) is 0 Å². The zero-order valence-corrected chi connectivity index (χ0v) is 72.8. The first-order chi connectivity index (χ1) is 43.4. The first-order valence-corrected chi connectivity index (χ1v) is 60.0. The van der Waals surface area contributed by atoms with Gasteiger partial charge < -0.3 is 24.8 Å². The van der Waals surface area contributed by atoms with Gasteiger partial charge in [-0.3, -0.25) is 0 Å². The third-order valence-corrected chi connectivity index (χ3v) is 25.4. The van der Waals surface area contributed by atoms with Crippen molar-refractivity contribution in [1.82, 2.24) is 0 Å². The van der Waals surface area contributed by atoms with Crippen molar-refractivity contribution >= 4 is 107 Å². The summed E-state index contributed by atoms with van der Waals surface area (Å²) in [5.41, 5.74) is 16.9.